The second-order valence-electron chi connectivity index (χ2n) is 4.61. The van der Waals surface area contributed by atoms with Gasteiger partial charge in [0, 0.05) is 18.7 Å². The lowest BCUT2D eigenvalue weighted by atomic mass is 10.3. The Morgan fingerprint density at radius 3 is 2.83 bits per heavy atom. The molecule has 1 saturated heterocycles. The zero-order chi connectivity index (χ0) is 13.0. The lowest BCUT2D eigenvalue weighted by molar-refractivity contribution is 0.0934. The lowest BCUT2D eigenvalue weighted by Crippen LogP contribution is -2.41. The number of amides is 1. The van der Waals surface area contributed by atoms with Crippen LogP contribution in [-0.4, -0.2) is 46.7 Å². The first-order valence-corrected chi connectivity index (χ1v) is 6.25. The first-order chi connectivity index (χ1) is 8.66. The molecule has 1 aliphatic rings. The van der Waals surface area contributed by atoms with Gasteiger partial charge in [-0.1, -0.05) is 0 Å². The van der Waals surface area contributed by atoms with Crippen LogP contribution in [0.3, 0.4) is 0 Å². The third-order valence-corrected chi connectivity index (χ3v) is 3.23. The van der Waals surface area contributed by atoms with E-state index in [1.807, 2.05) is 0 Å². The Hall–Kier alpha value is -1.69. The fourth-order valence-electron chi connectivity index (χ4n) is 2.11. The van der Waals surface area contributed by atoms with Gasteiger partial charge in [-0.25, -0.2) is 5.10 Å². The van der Waals surface area contributed by atoms with Crippen molar-refractivity contribution >= 4 is 5.91 Å². The molecule has 1 atom stereocenters. The van der Waals surface area contributed by atoms with Crippen LogP contribution >= 0.6 is 0 Å². The molecule has 2 N–H and O–H groups in total. The van der Waals surface area contributed by atoms with E-state index in [0.717, 1.165) is 13.1 Å². The highest BCUT2D eigenvalue weighted by Crippen LogP contribution is 2.10. The molecule has 0 saturated carbocycles. The fourth-order valence-corrected chi connectivity index (χ4v) is 2.11. The summed E-state index contributed by atoms with van der Waals surface area (Å²) in [6.45, 7) is 4.91. The van der Waals surface area contributed by atoms with E-state index in [1.165, 1.54) is 25.0 Å². The van der Waals surface area contributed by atoms with Gasteiger partial charge < -0.3 is 5.32 Å². The Balaban J connectivity index is 1.84. The van der Waals surface area contributed by atoms with Crippen molar-refractivity contribution in [3.05, 3.63) is 28.2 Å². The van der Waals surface area contributed by atoms with Gasteiger partial charge in [0.05, 0.1) is 0 Å². The summed E-state index contributed by atoms with van der Waals surface area (Å²) in [5.74, 6) is -0.253. The van der Waals surface area contributed by atoms with E-state index >= 15 is 0 Å². The van der Waals surface area contributed by atoms with Gasteiger partial charge in [0.2, 0.25) is 0 Å². The van der Waals surface area contributed by atoms with Gasteiger partial charge in [-0.05, 0) is 38.9 Å². The molecular weight excluding hydrogens is 232 g/mol. The van der Waals surface area contributed by atoms with E-state index in [1.54, 1.807) is 0 Å². The second kappa shape index (κ2) is 5.77. The summed E-state index contributed by atoms with van der Waals surface area (Å²) in [5, 5.41) is 8.77. The maximum Gasteiger partial charge on any atom is 0.271 e. The summed E-state index contributed by atoms with van der Waals surface area (Å²) in [5.41, 5.74) is -0.0693. The number of hydrogen-bond donors (Lipinski definition) is 2. The number of rotatable bonds is 4. The normalized spacial score (nSPS) is 17.6. The average Bonchev–Trinajstić information content (AvgIpc) is 2.90. The second-order valence-corrected chi connectivity index (χ2v) is 4.61. The topological polar surface area (TPSA) is 78.1 Å². The highest BCUT2D eigenvalue weighted by Gasteiger charge is 2.18. The molecule has 6 nitrogen and oxygen atoms in total. The predicted octanol–water partition coefficient (Wildman–Crippen LogP) is -0.0160. The molecule has 2 rings (SSSR count). The van der Waals surface area contributed by atoms with Crippen LogP contribution in [0.5, 0.6) is 0 Å². The number of hydrogen-bond acceptors (Lipinski definition) is 4. The maximum absolute atomic E-state index is 11.8. The van der Waals surface area contributed by atoms with Crippen molar-refractivity contribution in [3.63, 3.8) is 0 Å². The molecular formula is C12H18N4O2. The van der Waals surface area contributed by atoms with E-state index in [9.17, 15) is 9.59 Å². The van der Waals surface area contributed by atoms with Crippen LogP contribution in [0.1, 0.15) is 30.3 Å². The number of nitrogens with zero attached hydrogens (tertiary/aromatic N) is 2. The van der Waals surface area contributed by atoms with Crippen molar-refractivity contribution in [2.75, 3.05) is 19.6 Å². The summed E-state index contributed by atoms with van der Waals surface area (Å²) in [4.78, 5) is 25.0. The van der Waals surface area contributed by atoms with Crippen LogP contribution in [-0.2, 0) is 0 Å². The monoisotopic (exact) mass is 250 g/mol. The fraction of sp³-hybridized carbons (Fsp3) is 0.583. The minimum atomic E-state index is -0.308. The summed E-state index contributed by atoms with van der Waals surface area (Å²) >= 11 is 0. The van der Waals surface area contributed by atoms with Gasteiger partial charge in [0.15, 0.2) is 0 Å². The van der Waals surface area contributed by atoms with E-state index in [-0.39, 0.29) is 17.2 Å². The van der Waals surface area contributed by atoms with Crippen molar-refractivity contribution in [2.45, 2.75) is 25.8 Å². The number of carbonyl (C=O) groups excluding carboxylic acids is 1. The molecule has 6 heteroatoms. The zero-order valence-electron chi connectivity index (χ0n) is 10.5. The maximum atomic E-state index is 11.8. The van der Waals surface area contributed by atoms with Crippen molar-refractivity contribution in [1.82, 2.24) is 20.4 Å². The Kier molecular flexibility index (Phi) is 4.09. The highest BCUT2D eigenvalue weighted by atomic mass is 16.2. The van der Waals surface area contributed by atoms with Gasteiger partial charge in [-0.3, -0.25) is 14.5 Å². The third kappa shape index (κ3) is 3.16. The van der Waals surface area contributed by atoms with Crippen molar-refractivity contribution in [1.29, 1.82) is 0 Å². The Bertz CT molecular complexity index is 445. The minimum absolute atomic E-state index is 0.239. The average molecular weight is 250 g/mol. The Labute approximate surface area is 105 Å². The van der Waals surface area contributed by atoms with E-state index in [4.69, 9.17) is 0 Å². The quantitative estimate of drug-likeness (QED) is 0.787. The van der Waals surface area contributed by atoms with E-state index in [2.05, 4.69) is 27.3 Å². The largest absolute Gasteiger partial charge is 0.349 e. The summed E-state index contributed by atoms with van der Waals surface area (Å²) < 4.78 is 0. The number of aromatic amines is 1. The van der Waals surface area contributed by atoms with Gasteiger partial charge in [0.25, 0.3) is 11.5 Å². The molecule has 1 unspecified atom stereocenters. The Morgan fingerprint density at radius 1 is 1.50 bits per heavy atom. The van der Waals surface area contributed by atoms with Crippen LogP contribution in [0.15, 0.2) is 16.9 Å². The SMILES string of the molecule is CC(CNC(=O)c1ccc(=O)[nH]n1)N1CCCC1. The molecule has 1 amide bonds. The van der Waals surface area contributed by atoms with Crippen LogP contribution in [0.2, 0.25) is 0 Å². The van der Waals surface area contributed by atoms with Gasteiger partial charge >= 0.3 is 0 Å². The number of carbonyl (C=O) groups is 1. The molecule has 0 radical (unpaired) electrons. The molecule has 1 aromatic heterocycles. The van der Waals surface area contributed by atoms with E-state index < -0.39 is 0 Å². The molecule has 1 fully saturated rings. The molecule has 18 heavy (non-hydrogen) atoms. The van der Waals surface area contributed by atoms with Crippen molar-refractivity contribution in [3.8, 4) is 0 Å². The molecule has 0 spiro atoms. The number of aromatic nitrogens is 2. The van der Waals surface area contributed by atoms with Crippen LogP contribution in [0.25, 0.3) is 0 Å². The first kappa shape index (κ1) is 12.8. The number of likely N-dealkylation sites (tertiary alicyclic amines) is 1. The van der Waals surface area contributed by atoms with Crippen molar-refractivity contribution in [2.24, 2.45) is 0 Å². The van der Waals surface area contributed by atoms with Crippen LogP contribution < -0.4 is 10.9 Å². The first-order valence-electron chi connectivity index (χ1n) is 6.25. The van der Waals surface area contributed by atoms with Crippen molar-refractivity contribution < 1.29 is 4.79 Å². The zero-order valence-corrected chi connectivity index (χ0v) is 10.5. The van der Waals surface area contributed by atoms with E-state index in [0.29, 0.717) is 12.6 Å². The van der Waals surface area contributed by atoms with Crippen LogP contribution in [0.4, 0.5) is 0 Å². The molecule has 1 aliphatic heterocycles. The van der Waals surface area contributed by atoms with Gasteiger partial charge in [-0.2, -0.15) is 5.10 Å². The van der Waals surface area contributed by atoms with Gasteiger partial charge in [-0.15, -0.1) is 0 Å². The molecule has 1 aromatic rings. The number of nitrogens with one attached hydrogen (secondary N) is 2. The lowest BCUT2D eigenvalue weighted by Gasteiger charge is -2.23. The highest BCUT2D eigenvalue weighted by molar-refractivity contribution is 5.91. The standard InChI is InChI=1S/C12H18N4O2/c1-9(16-6-2-3-7-16)8-13-12(18)10-4-5-11(17)15-14-10/h4-5,9H,2-3,6-8H2,1H3,(H,13,18)(H,15,17). The summed E-state index contributed by atoms with van der Waals surface area (Å²) in [6, 6.07) is 3.06. The molecule has 2 heterocycles. The molecule has 0 aliphatic carbocycles. The van der Waals surface area contributed by atoms with Crippen LogP contribution in [0, 0.1) is 0 Å². The summed E-state index contributed by atoms with van der Waals surface area (Å²) in [7, 11) is 0. The minimum Gasteiger partial charge on any atom is -0.349 e. The molecule has 98 valence electrons. The predicted molar refractivity (Wildman–Crippen MR) is 67.5 cm³/mol. The summed E-state index contributed by atoms with van der Waals surface area (Å²) in [6.07, 6.45) is 2.47. The molecule has 0 aromatic carbocycles. The molecule has 0 bridgehead atoms. The third-order valence-electron chi connectivity index (χ3n) is 3.23. The Morgan fingerprint density at radius 2 is 2.22 bits per heavy atom. The van der Waals surface area contributed by atoms with Gasteiger partial charge in [0.1, 0.15) is 5.69 Å². The smallest absolute Gasteiger partial charge is 0.271 e. The number of H-pyrrole nitrogens is 1.